The molecule has 3 N–H and O–H groups in total. The second kappa shape index (κ2) is 6.51. The largest absolute Gasteiger partial charge is 0.508 e. The number of carbonyl (C=O) groups excluding carboxylic acids is 1. The van der Waals surface area contributed by atoms with Gasteiger partial charge in [-0.3, -0.25) is 14.4 Å². The normalized spacial score (nSPS) is 15.5. The number of amides is 1. The monoisotopic (exact) mass is 381 g/mol. The van der Waals surface area contributed by atoms with Crippen LogP contribution in [0.2, 0.25) is 5.02 Å². The van der Waals surface area contributed by atoms with Crippen LogP contribution in [0.5, 0.6) is 5.75 Å². The van der Waals surface area contributed by atoms with Gasteiger partial charge in [0.1, 0.15) is 17.6 Å². The van der Waals surface area contributed by atoms with Crippen LogP contribution in [0.4, 0.5) is 0 Å². The molecule has 1 amide bonds. The van der Waals surface area contributed by atoms with E-state index in [-0.39, 0.29) is 12.2 Å². The molecule has 2 aromatic carbocycles. The van der Waals surface area contributed by atoms with Crippen LogP contribution in [-0.4, -0.2) is 31.5 Å². The summed E-state index contributed by atoms with van der Waals surface area (Å²) in [4.78, 5) is 16.4. The number of hydrogen-bond acceptors (Lipinski definition) is 5. The molecular formula is C19H16ClN5O2. The molecule has 4 rings (SSSR count). The average Bonchev–Trinajstić information content (AvgIpc) is 2.94. The quantitative estimate of drug-likeness (QED) is 0.727. The van der Waals surface area contributed by atoms with Gasteiger partial charge in [-0.2, -0.15) is 0 Å². The van der Waals surface area contributed by atoms with Gasteiger partial charge in [0, 0.05) is 16.1 Å². The highest BCUT2D eigenvalue weighted by Crippen LogP contribution is 2.34. The van der Waals surface area contributed by atoms with Crippen molar-refractivity contribution in [2.45, 2.75) is 19.4 Å². The molecule has 8 heteroatoms. The van der Waals surface area contributed by atoms with E-state index >= 15 is 0 Å². The number of aryl methyl sites for hydroxylation is 1. The molecule has 1 atom stereocenters. The molecule has 1 aliphatic heterocycles. The highest BCUT2D eigenvalue weighted by atomic mass is 35.5. The minimum absolute atomic E-state index is 0.00477. The molecule has 0 bridgehead atoms. The Kier molecular flexibility index (Phi) is 4.16. The first-order valence-electron chi connectivity index (χ1n) is 8.32. The second-order valence-electron chi connectivity index (χ2n) is 6.31. The predicted octanol–water partition coefficient (Wildman–Crippen LogP) is 2.70. The second-order valence-corrected chi connectivity index (χ2v) is 6.75. The lowest BCUT2D eigenvalue weighted by molar-refractivity contribution is -0.118. The first-order chi connectivity index (χ1) is 12.9. The number of fused-ring (bicyclic) bond motifs is 3. The minimum Gasteiger partial charge on any atom is -0.508 e. The maximum absolute atomic E-state index is 11.6. The zero-order chi connectivity index (χ0) is 19.1. The van der Waals surface area contributed by atoms with E-state index in [9.17, 15) is 9.90 Å². The number of halogens is 1. The fourth-order valence-corrected chi connectivity index (χ4v) is 3.38. The third kappa shape index (κ3) is 3.06. The number of primary amides is 1. The highest BCUT2D eigenvalue weighted by molar-refractivity contribution is 6.30. The molecule has 1 aliphatic rings. The van der Waals surface area contributed by atoms with Crippen molar-refractivity contribution in [3.63, 3.8) is 0 Å². The lowest BCUT2D eigenvalue weighted by atomic mass is 10.00. The molecular weight excluding hydrogens is 366 g/mol. The molecule has 136 valence electrons. The van der Waals surface area contributed by atoms with Gasteiger partial charge in [0.25, 0.3) is 0 Å². The standard InChI is InChI=1S/C19H16ClN5O2/c1-10-23-24-19-15(9-17(21)27)22-18(11-2-4-12(20)5-3-11)14-8-13(26)6-7-16(14)25(10)19/h2-8,15,26H,9H2,1H3,(H2,21,27). The van der Waals surface area contributed by atoms with Crippen LogP contribution in [0, 0.1) is 6.92 Å². The first kappa shape index (κ1) is 17.2. The lowest BCUT2D eigenvalue weighted by Gasteiger charge is -2.13. The van der Waals surface area contributed by atoms with Crippen LogP contribution >= 0.6 is 11.6 Å². The minimum atomic E-state index is -0.594. The number of rotatable bonds is 3. The summed E-state index contributed by atoms with van der Waals surface area (Å²) in [6.07, 6.45) is -0.00477. The third-order valence-corrected chi connectivity index (χ3v) is 4.67. The average molecular weight is 382 g/mol. The molecule has 2 heterocycles. The SMILES string of the molecule is Cc1nnc2n1-c1ccc(O)cc1C(c1ccc(Cl)cc1)=NC2CC(N)=O. The fourth-order valence-electron chi connectivity index (χ4n) is 3.25. The zero-order valence-electron chi connectivity index (χ0n) is 14.4. The molecule has 0 saturated carbocycles. The molecule has 1 aromatic heterocycles. The number of carbonyl (C=O) groups is 1. The molecule has 0 aliphatic carbocycles. The molecule has 0 radical (unpaired) electrons. The molecule has 3 aromatic rings. The topological polar surface area (TPSA) is 106 Å². The summed E-state index contributed by atoms with van der Waals surface area (Å²) in [6, 6.07) is 11.6. The van der Waals surface area contributed by atoms with E-state index in [1.807, 2.05) is 23.6 Å². The van der Waals surface area contributed by atoms with Crippen molar-refractivity contribution in [2.75, 3.05) is 0 Å². The molecule has 0 saturated heterocycles. The number of nitrogens with two attached hydrogens (primary N) is 1. The van der Waals surface area contributed by atoms with Crippen molar-refractivity contribution in [2.24, 2.45) is 10.7 Å². The maximum atomic E-state index is 11.6. The maximum Gasteiger partial charge on any atom is 0.220 e. The van der Waals surface area contributed by atoms with Crippen LogP contribution in [0.1, 0.15) is 35.2 Å². The van der Waals surface area contributed by atoms with Crippen molar-refractivity contribution in [3.05, 3.63) is 70.3 Å². The summed E-state index contributed by atoms with van der Waals surface area (Å²) >= 11 is 6.02. The van der Waals surface area contributed by atoms with Gasteiger partial charge in [0.15, 0.2) is 5.82 Å². The van der Waals surface area contributed by atoms with Crippen molar-refractivity contribution in [3.8, 4) is 11.4 Å². The number of nitrogens with zero attached hydrogens (tertiary/aromatic N) is 4. The molecule has 27 heavy (non-hydrogen) atoms. The van der Waals surface area contributed by atoms with Crippen molar-refractivity contribution in [1.29, 1.82) is 0 Å². The Morgan fingerprint density at radius 3 is 2.67 bits per heavy atom. The Bertz CT molecular complexity index is 1070. The first-order valence-corrected chi connectivity index (χ1v) is 8.69. The van der Waals surface area contributed by atoms with Crippen molar-refractivity contribution in [1.82, 2.24) is 14.8 Å². The summed E-state index contributed by atoms with van der Waals surface area (Å²) in [7, 11) is 0. The molecule has 1 unspecified atom stereocenters. The Morgan fingerprint density at radius 1 is 1.22 bits per heavy atom. The number of phenolic OH excluding ortho intramolecular Hbond substituents is 1. The predicted molar refractivity (Wildman–Crippen MR) is 101 cm³/mol. The molecule has 7 nitrogen and oxygen atoms in total. The summed E-state index contributed by atoms with van der Waals surface area (Å²) in [5.74, 6) is 0.803. The van der Waals surface area contributed by atoms with Crippen LogP contribution in [-0.2, 0) is 4.79 Å². The van der Waals surface area contributed by atoms with Crippen LogP contribution < -0.4 is 5.73 Å². The fraction of sp³-hybridized carbons (Fsp3) is 0.158. The highest BCUT2D eigenvalue weighted by Gasteiger charge is 2.29. The van der Waals surface area contributed by atoms with E-state index in [1.54, 1.807) is 30.3 Å². The van der Waals surface area contributed by atoms with E-state index in [0.29, 0.717) is 27.9 Å². The van der Waals surface area contributed by atoms with Gasteiger partial charge in [-0.1, -0.05) is 23.7 Å². The van der Waals surface area contributed by atoms with Gasteiger partial charge in [0.2, 0.25) is 5.91 Å². The van der Waals surface area contributed by atoms with Gasteiger partial charge >= 0.3 is 0 Å². The van der Waals surface area contributed by atoms with Gasteiger partial charge in [-0.05, 0) is 37.3 Å². The Hall–Kier alpha value is -3.19. The number of phenols is 1. The summed E-state index contributed by atoms with van der Waals surface area (Å²) in [6.45, 7) is 1.82. The lowest BCUT2D eigenvalue weighted by Crippen LogP contribution is -2.17. The number of aliphatic imine (C=N–C) groups is 1. The van der Waals surface area contributed by atoms with E-state index in [0.717, 1.165) is 11.3 Å². The number of hydrogen-bond donors (Lipinski definition) is 2. The van der Waals surface area contributed by atoms with Crippen molar-refractivity contribution >= 4 is 23.2 Å². The van der Waals surface area contributed by atoms with Crippen LogP contribution in [0.25, 0.3) is 5.69 Å². The van der Waals surface area contributed by atoms with Gasteiger partial charge in [-0.25, -0.2) is 0 Å². The third-order valence-electron chi connectivity index (χ3n) is 4.42. The van der Waals surface area contributed by atoms with Gasteiger partial charge in [0.05, 0.1) is 17.8 Å². The van der Waals surface area contributed by atoms with Gasteiger partial charge in [-0.15, -0.1) is 10.2 Å². The molecule has 0 spiro atoms. The number of benzene rings is 2. The van der Waals surface area contributed by atoms with E-state index < -0.39 is 11.9 Å². The van der Waals surface area contributed by atoms with E-state index in [4.69, 9.17) is 22.3 Å². The Labute approximate surface area is 160 Å². The Balaban J connectivity index is 2.02. The van der Waals surface area contributed by atoms with Crippen LogP contribution in [0.3, 0.4) is 0 Å². The van der Waals surface area contributed by atoms with Crippen molar-refractivity contribution < 1.29 is 9.90 Å². The summed E-state index contributed by atoms with van der Waals surface area (Å²) < 4.78 is 1.84. The smallest absolute Gasteiger partial charge is 0.220 e. The Morgan fingerprint density at radius 2 is 1.96 bits per heavy atom. The number of aromatic hydroxyl groups is 1. The van der Waals surface area contributed by atoms with E-state index in [1.165, 1.54) is 0 Å². The zero-order valence-corrected chi connectivity index (χ0v) is 15.2. The molecule has 0 fully saturated rings. The number of aromatic nitrogens is 3. The van der Waals surface area contributed by atoms with Crippen LogP contribution in [0.15, 0.2) is 47.5 Å². The summed E-state index contributed by atoms with van der Waals surface area (Å²) in [5, 5.41) is 19.0. The van der Waals surface area contributed by atoms with Gasteiger partial charge < -0.3 is 10.8 Å². The summed E-state index contributed by atoms with van der Waals surface area (Å²) in [5.41, 5.74) is 8.34. The van der Waals surface area contributed by atoms with E-state index in [2.05, 4.69) is 10.2 Å².